The lowest BCUT2D eigenvalue weighted by Crippen LogP contribution is -2.57. The summed E-state index contributed by atoms with van der Waals surface area (Å²) in [5.41, 5.74) is 1.19. The van der Waals surface area contributed by atoms with Crippen LogP contribution >= 0.6 is 0 Å². The van der Waals surface area contributed by atoms with Gasteiger partial charge in [-0.2, -0.15) is 5.26 Å². The average molecular weight is 313 g/mol. The fraction of sp³-hybridized carbons (Fsp3) is 0.556. The van der Waals surface area contributed by atoms with Gasteiger partial charge in [0.05, 0.1) is 23.3 Å². The highest BCUT2D eigenvalue weighted by atomic mass is 16.6. The van der Waals surface area contributed by atoms with Crippen LogP contribution in [-0.4, -0.2) is 41.8 Å². The average Bonchev–Trinajstić information content (AvgIpc) is 2.76. The van der Waals surface area contributed by atoms with Crippen molar-refractivity contribution in [2.45, 2.75) is 51.3 Å². The van der Waals surface area contributed by atoms with Gasteiger partial charge >= 0.3 is 6.09 Å². The van der Waals surface area contributed by atoms with Crippen molar-refractivity contribution in [3.63, 3.8) is 0 Å². The molecule has 0 spiro atoms. The van der Waals surface area contributed by atoms with Gasteiger partial charge in [0, 0.05) is 13.1 Å². The second kappa shape index (κ2) is 5.77. The largest absolute Gasteiger partial charge is 0.444 e. The van der Waals surface area contributed by atoms with E-state index in [0.29, 0.717) is 5.56 Å². The molecule has 2 heterocycles. The van der Waals surface area contributed by atoms with Crippen LogP contribution in [0, 0.1) is 11.3 Å². The maximum atomic E-state index is 12.5. The minimum Gasteiger partial charge on any atom is -0.444 e. The van der Waals surface area contributed by atoms with Crippen LogP contribution in [0.4, 0.5) is 10.5 Å². The zero-order valence-electron chi connectivity index (χ0n) is 14.0. The van der Waals surface area contributed by atoms with Crippen LogP contribution in [0.3, 0.4) is 0 Å². The topological polar surface area (TPSA) is 56.6 Å². The molecule has 3 rings (SSSR count). The van der Waals surface area contributed by atoms with Gasteiger partial charge in [0.15, 0.2) is 0 Å². The van der Waals surface area contributed by atoms with Gasteiger partial charge in [0.1, 0.15) is 11.7 Å². The number of carbonyl (C=O) groups is 1. The van der Waals surface area contributed by atoms with Crippen molar-refractivity contribution >= 4 is 11.8 Å². The van der Waals surface area contributed by atoms with Crippen LogP contribution in [0.15, 0.2) is 24.3 Å². The Morgan fingerprint density at radius 3 is 2.39 bits per heavy atom. The van der Waals surface area contributed by atoms with Gasteiger partial charge in [-0.05, 0) is 45.7 Å². The first kappa shape index (κ1) is 15.7. The van der Waals surface area contributed by atoms with Gasteiger partial charge < -0.3 is 9.64 Å². The van der Waals surface area contributed by atoms with Crippen molar-refractivity contribution in [3.05, 3.63) is 29.8 Å². The Bertz CT molecular complexity index is 630. The van der Waals surface area contributed by atoms with Crippen molar-refractivity contribution in [2.24, 2.45) is 0 Å². The fourth-order valence-electron chi connectivity index (χ4n) is 3.56. The van der Waals surface area contributed by atoms with Crippen molar-refractivity contribution in [3.8, 4) is 6.07 Å². The molecular weight excluding hydrogens is 290 g/mol. The zero-order chi connectivity index (χ0) is 16.6. The Hall–Kier alpha value is -2.22. The molecular formula is C18H23N3O2. The van der Waals surface area contributed by atoms with Gasteiger partial charge in [-0.1, -0.05) is 12.1 Å². The summed E-state index contributed by atoms with van der Waals surface area (Å²) in [5.74, 6) is 0. The maximum Gasteiger partial charge on any atom is 0.410 e. The van der Waals surface area contributed by atoms with Crippen LogP contribution in [0.2, 0.25) is 0 Å². The number of piperazine rings is 1. The zero-order valence-corrected chi connectivity index (χ0v) is 14.0. The van der Waals surface area contributed by atoms with Crippen LogP contribution in [-0.2, 0) is 4.74 Å². The van der Waals surface area contributed by atoms with Gasteiger partial charge in [0.2, 0.25) is 0 Å². The summed E-state index contributed by atoms with van der Waals surface area (Å²) in [7, 11) is 0. The molecule has 0 aliphatic carbocycles. The molecule has 2 aliphatic rings. The quantitative estimate of drug-likeness (QED) is 0.799. The molecule has 23 heavy (non-hydrogen) atoms. The second-order valence-corrected chi connectivity index (χ2v) is 7.31. The molecule has 2 bridgehead atoms. The standard InChI is InChI=1S/C18H23N3O2/c1-18(2,3)23-17(22)21-14-8-9-15(21)12-20(11-14)16-7-5-4-6-13(16)10-19/h4-7,14-15H,8-9,11-12H2,1-3H3. The summed E-state index contributed by atoms with van der Waals surface area (Å²) in [6.45, 7) is 7.20. The summed E-state index contributed by atoms with van der Waals surface area (Å²) < 4.78 is 5.56. The summed E-state index contributed by atoms with van der Waals surface area (Å²) in [4.78, 5) is 16.6. The summed E-state index contributed by atoms with van der Waals surface area (Å²) in [6, 6.07) is 10.3. The molecule has 0 aromatic heterocycles. The van der Waals surface area contributed by atoms with E-state index in [1.165, 1.54) is 0 Å². The SMILES string of the molecule is CC(C)(C)OC(=O)N1C2CCC1CN(c1ccccc1C#N)C2. The third kappa shape index (κ3) is 3.12. The van der Waals surface area contributed by atoms with E-state index in [-0.39, 0.29) is 18.2 Å². The van der Waals surface area contributed by atoms with Crippen LogP contribution in [0.1, 0.15) is 39.2 Å². The monoisotopic (exact) mass is 313 g/mol. The lowest BCUT2D eigenvalue weighted by atomic mass is 10.1. The van der Waals surface area contributed by atoms with E-state index in [1.807, 2.05) is 49.9 Å². The number of para-hydroxylation sites is 1. The number of nitriles is 1. The lowest BCUT2D eigenvalue weighted by molar-refractivity contribution is 0.0123. The Balaban J connectivity index is 1.77. The molecule has 2 saturated heterocycles. The minimum absolute atomic E-state index is 0.162. The molecule has 5 nitrogen and oxygen atoms in total. The first-order valence-electron chi connectivity index (χ1n) is 8.14. The van der Waals surface area contributed by atoms with Crippen LogP contribution < -0.4 is 4.90 Å². The maximum absolute atomic E-state index is 12.5. The van der Waals surface area contributed by atoms with Gasteiger partial charge in [-0.3, -0.25) is 4.90 Å². The van der Waals surface area contributed by atoms with Crippen molar-refractivity contribution < 1.29 is 9.53 Å². The number of anilines is 1. The highest BCUT2D eigenvalue weighted by Crippen LogP contribution is 2.34. The number of benzene rings is 1. The number of nitrogens with zero attached hydrogens (tertiary/aromatic N) is 3. The number of hydrogen-bond donors (Lipinski definition) is 0. The molecule has 0 radical (unpaired) electrons. The number of hydrogen-bond acceptors (Lipinski definition) is 4. The first-order valence-corrected chi connectivity index (χ1v) is 8.14. The number of rotatable bonds is 1. The molecule has 1 aromatic rings. The van der Waals surface area contributed by atoms with Crippen molar-refractivity contribution in [2.75, 3.05) is 18.0 Å². The lowest BCUT2D eigenvalue weighted by Gasteiger charge is -2.42. The summed E-state index contributed by atoms with van der Waals surface area (Å²) in [6.07, 6.45) is 1.78. The molecule has 0 N–H and O–H groups in total. The van der Waals surface area contributed by atoms with E-state index in [0.717, 1.165) is 31.6 Å². The predicted molar refractivity (Wildman–Crippen MR) is 88.3 cm³/mol. The molecule has 1 amide bonds. The molecule has 5 heteroatoms. The number of fused-ring (bicyclic) bond motifs is 2. The highest BCUT2D eigenvalue weighted by Gasteiger charge is 2.44. The third-order valence-electron chi connectivity index (χ3n) is 4.45. The van der Waals surface area contributed by atoms with Gasteiger partial charge in [-0.25, -0.2) is 4.79 Å². The number of ether oxygens (including phenoxy) is 1. The Morgan fingerprint density at radius 1 is 1.22 bits per heavy atom. The van der Waals surface area contributed by atoms with Crippen molar-refractivity contribution in [1.29, 1.82) is 5.26 Å². The third-order valence-corrected chi connectivity index (χ3v) is 4.45. The van der Waals surface area contributed by atoms with E-state index >= 15 is 0 Å². The Morgan fingerprint density at radius 2 is 1.83 bits per heavy atom. The second-order valence-electron chi connectivity index (χ2n) is 7.31. The Labute approximate surface area is 137 Å². The van der Waals surface area contributed by atoms with E-state index in [9.17, 15) is 10.1 Å². The predicted octanol–water partition coefficient (Wildman–Crippen LogP) is 3.15. The summed E-state index contributed by atoms with van der Waals surface area (Å²) >= 11 is 0. The summed E-state index contributed by atoms with van der Waals surface area (Å²) in [5, 5.41) is 9.30. The minimum atomic E-state index is -0.471. The normalized spacial score (nSPS) is 23.6. The fourth-order valence-corrected chi connectivity index (χ4v) is 3.56. The van der Waals surface area contributed by atoms with Gasteiger partial charge in [-0.15, -0.1) is 0 Å². The molecule has 2 aliphatic heterocycles. The highest BCUT2D eigenvalue weighted by molar-refractivity contribution is 5.71. The molecule has 2 unspecified atom stereocenters. The first-order chi connectivity index (χ1) is 10.9. The number of carbonyl (C=O) groups excluding carboxylic acids is 1. The van der Waals surface area contributed by atoms with E-state index in [2.05, 4.69) is 11.0 Å². The molecule has 0 saturated carbocycles. The van der Waals surface area contributed by atoms with E-state index in [4.69, 9.17) is 4.74 Å². The van der Waals surface area contributed by atoms with Crippen LogP contribution in [0.25, 0.3) is 0 Å². The van der Waals surface area contributed by atoms with E-state index < -0.39 is 5.60 Å². The smallest absolute Gasteiger partial charge is 0.410 e. The molecule has 122 valence electrons. The Kier molecular flexibility index (Phi) is 3.93. The van der Waals surface area contributed by atoms with Crippen LogP contribution in [0.5, 0.6) is 0 Å². The van der Waals surface area contributed by atoms with Gasteiger partial charge in [0.25, 0.3) is 0 Å². The molecule has 1 aromatic carbocycles. The molecule has 2 atom stereocenters. The molecule has 2 fully saturated rings. The van der Waals surface area contributed by atoms with Crippen molar-refractivity contribution in [1.82, 2.24) is 4.90 Å². The number of amides is 1. The van der Waals surface area contributed by atoms with E-state index in [1.54, 1.807) is 0 Å².